The number of fused-ring (bicyclic) bond motifs is 1. The first-order chi connectivity index (χ1) is 13.5. The lowest BCUT2D eigenvalue weighted by Crippen LogP contribution is -2.36. The van der Waals surface area contributed by atoms with Crippen LogP contribution < -0.4 is 10.2 Å². The molecule has 7 heteroatoms. The number of phenolic OH excluding ortho intramolecular Hbond substituents is 1. The van der Waals surface area contributed by atoms with Gasteiger partial charge in [0.25, 0.3) is 0 Å². The number of thiol groups is 1. The summed E-state index contributed by atoms with van der Waals surface area (Å²) in [5, 5.41) is 21.8. The topological polar surface area (TPSA) is 77.3 Å². The van der Waals surface area contributed by atoms with Gasteiger partial charge in [0.15, 0.2) is 11.3 Å². The monoisotopic (exact) mass is 401 g/mol. The molecule has 150 valence electrons. The quantitative estimate of drug-likeness (QED) is 0.593. The maximum Gasteiger partial charge on any atom is 0.162 e. The summed E-state index contributed by atoms with van der Waals surface area (Å²) < 4.78 is 5.59. The van der Waals surface area contributed by atoms with Crippen LogP contribution in [0.1, 0.15) is 42.0 Å². The number of nitrogens with one attached hydrogen (secondary N) is 1. The number of aliphatic hydroxyl groups excluding tert-OH is 1. The maximum atomic E-state index is 10.4. The van der Waals surface area contributed by atoms with Crippen molar-refractivity contribution >= 4 is 18.5 Å². The molecule has 2 aliphatic rings. The standard InChI is InChI=1S/C20H23N3O2S.CH4O/c1-12(2)14-4-5-17(24)16(10-14)19-21-22-20(26)23(19)11-13-3-6-18-15(9-13)7-8-25-18;1-2/h3-6,9-10,12,20,22,24,26H,7-8,11H2,1-2H3;2H,1H3. The van der Waals surface area contributed by atoms with Crippen molar-refractivity contribution in [1.29, 1.82) is 0 Å². The van der Waals surface area contributed by atoms with Gasteiger partial charge in [-0.25, -0.2) is 0 Å². The minimum atomic E-state index is -0.239. The van der Waals surface area contributed by atoms with Gasteiger partial charge in [-0.05, 0) is 40.8 Å². The minimum absolute atomic E-state index is 0.227. The molecule has 0 fully saturated rings. The number of ether oxygens (including phenoxy) is 1. The second-order valence-electron chi connectivity index (χ2n) is 7.04. The van der Waals surface area contributed by atoms with Crippen LogP contribution in [0, 0.1) is 0 Å². The molecule has 28 heavy (non-hydrogen) atoms. The van der Waals surface area contributed by atoms with E-state index >= 15 is 0 Å². The molecule has 2 aromatic carbocycles. The van der Waals surface area contributed by atoms with Crippen LogP contribution in [-0.4, -0.2) is 40.2 Å². The molecule has 0 bridgehead atoms. The molecular formula is C21H27N3O3S. The molecular weight excluding hydrogens is 374 g/mol. The third kappa shape index (κ3) is 4.05. The second-order valence-corrected chi connectivity index (χ2v) is 7.53. The SMILES string of the molecule is CC(C)c1ccc(O)c(C2=NNC(S)N2Cc2ccc3c(c2)CCO3)c1.CO. The Morgan fingerprint density at radius 3 is 2.79 bits per heavy atom. The van der Waals surface area contributed by atoms with Gasteiger partial charge in [0.2, 0.25) is 0 Å². The Bertz CT molecular complexity index is 870. The lowest BCUT2D eigenvalue weighted by Gasteiger charge is -2.25. The Labute approximate surface area is 171 Å². The fraction of sp³-hybridized carbons (Fsp3) is 0.381. The van der Waals surface area contributed by atoms with Gasteiger partial charge < -0.3 is 19.8 Å². The summed E-state index contributed by atoms with van der Waals surface area (Å²) in [6, 6.07) is 12.0. The van der Waals surface area contributed by atoms with E-state index in [9.17, 15) is 5.11 Å². The van der Waals surface area contributed by atoms with E-state index in [1.165, 1.54) is 11.1 Å². The Balaban J connectivity index is 0.00000109. The van der Waals surface area contributed by atoms with E-state index in [2.05, 4.69) is 54.0 Å². The lowest BCUT2D eigenvalue weighted by molar-refractivity contribution is 0.356. The van der Waals surface area contributed by atoms with Crippen LogP contribution in [0.2, 0.25) is 0 Å². The van der Waals surface area contributed by atoms with Crippen LogP contribution in [0.3, 0.4) is 0 Å². The molecule has 3 N–H and O–H groups in total. The molecule has 0 aliphatic carbocycles. The maximum absolute atomic E-state index is 10.4. The van der Waals surface area contributed by atoms with Gasteiger partial charge in [0.1, 0.15) is 11.5 Å². The van der Waals surface area contributed by atoms with Crippen molar-refractivity contribution in [2.45, 2.75) is 38.2 Å². The third-order valence-corrected chi connectivity index (χ3v) is 5.28. The van der Waals surface area contributed by atoms with Crippen LogP contribution in [0.15, 0.2) is 41.5 Å². The summed E-state index contributed by atoms with van der Waals surface area (Å²) in [7, 11) is 1.00. The number of aromatic hydroxyl groups is 1. The number of benzene rings is 2. The fourth-order valence-corrected chi connectivity index (χ4v) is 3.62. The van der Waals surface area contributed by atoms with E-state index in [0.717, 1.165) is 37.0 Å². The number of aliphatic hydroxyl groups is 1. The van der Waals surface area contributed by atoms with E-state index in [1.54, 1.807) is 6.07 Å². The summed E-state index contributed by atoms with van der Waals surface area (Å²) in [6.07, 6.45) is 0.948. The summed E-state index contributed by atoms with van der Waals surface area (Å²) in [5.74, 6) is 2.29. The third-order valence-electron chi connectivity index (χ3n) is 4.89. The minimum Gasteiger partial charge on any atom is -0.507 e. The van der Waals surface area contributed by atoms with E-state index in [-0.39, 0.29) is 11.2 Å². The van der Waals surface area contributed by atoms with Crippen LogP contribution in [0.4, 0.5) is 0 Å². The highest BCUT2D eigenvalue weighted by molar-refractivity contribution is 7.80. The smallest absolute Gasteiger partial charge is 0.162 e. The number of rotatable bonds is 4. The molecule has 6 nitrogen and oxygen atoms in total. The zero-order valence-electron chi connectivity index (χ0n) is 16.4. The second kappa shape index (κ2) is 8.75. The highest BCUT2D eigenvalue weighted by Crippen LogP contribution is 2.30. The van der Waals surface area contributed by atoms with Crippen LogP contribution in [-0.2, 0) is 13.0 Å². The first-order valence-corrected chi connectivity index (χ1v) is 9.85. The molecule has 0 saturated carbocycles. The molecule has 2 heterocycles. The summed E-state index contributed by atoms with van der Waals surface area (Å²) >= 11 is 4.60. The van der Waals surface area contributed by atoms with Gasteiger partial charge in [-0.3, -0.25) is 5.43 Å². The predicted octanol–water partition coefficient (Wildman–Crippen LogP) is 3.04. The summed E-state index contributed by atoms with van der Waals surface area (Å²) in [5.41, 5.74) is 7.08. The van der Waals surface area contributed by atoms with Crippen molar-refractivity contribution in [1.82, 2.24) is 10.3 Å². The van der Waals surface area contributed by atoms with Crippen molar-refractivity contribution in [3.05, 3.63) is 58.7 Å². The van der Waals surface area contributed by atoms with Crippen LogP contribution in [0.5, 0.6) is 11.5 Å². The van der Waals surface area contributed by atoms with Gasteiger partial charge in [-0.15, -0.1) is 12.6 Å². The summed E-state index contributed by atoms with van der Waals surface area (Å²) in [4.78, 5) is 2.06. The van der Waals surface area contributed by atoms with Crippen molar-refractivity contribution in [2.75, 3.05) is 13.7 Å². The molecule has 0 radical (unpaired) electrons. The number of hydrazone groups is 1. The number of nitrogens with zero attached hydrogens (tertiary/aromatic N) is 2. The zero-order valence-corrected chi connectivity index (χ0v) is 17.3. The van der Waals surface area contributed by atoms with Crippen LogP contribution >= 0.6 is 12.6 Å². The largest absolute Gasteiger partial charge is 0.507 e. The Kier molecular flexibility index (Phi) is 6.36. The van der Waals surface area contributed by atoms with E-state index in [4.69, 9.17) is 9.84 Å². The zero-order chi connectivity index (χ0) is 20.3. The van der Waals surface area contributed by atoms with E-state index < -0.39 is 0 Å². The van der Waals surface area contributed by atoms with E-state index in [0.29, 0.717) is 18.3 Å². The molecule has 0 aromatic heterocycles. The van der Waals surface area contributed by atoms with E-state index in [1.807, 2.05) is 18.2 Å². The van der Waals surface area contributed by atoms with Crippen molar-refractivity contribution in [3.63, 3.8) is 0 Å². The van der Waals surface area contributed by atoms with Gasteiger partial charge in [0, 0.05) is 20.1 Å². The number of hydrogen-bond donors (Lipinski definition) is 4. The normalized spacial score (nSPS) is 17.4. The molecule has 2 aromatic rings. The Morgan fingerprint density at radius 2 is 2.04 bits per heavy atom. The van der Waals surface area contributed by atoms with Gasteiger partial charge >= 0.3 is 0 Å². The first-order valence-electron chi connectivity index (χ1n) is 9.33. The van der Waals surface area contributed by atoms with Gasteiger partial charge in [0.05, 0.1) is 12.2 Å². The molecule has 2 aliphatic heterocycles. The van der Waals surface area contributed by atoms with Crippen molar-refractivity contribution < 1.29 is 14.9 Å². The lowest BCUT2D eigenvalue weighted by atomic mass is 9.99. The Morgan fingerprint density at radius 1 is 1.25 bits per heavy atom. The van der Waals surface area contributed by atoms with Gasteiger partial charge in [-0.1, -0.05) is 32.0 Å². The number of hydrogen-bond acceptors (Lipinski definition) is 7. The Hall–Kier alpha value is -2.38. The molecule has 1 atom stereocenters. The molecule has 1 unspecified atom stereocenters. The number of phenols is 1. The van der Waals surface area contributed by atoms with Gasteiger partial charge in [-0.2, -0.15) is 5.10 Å². The highest BCUT2D eigenvalue weighted by Gasteiger charge is 2.28. The van der Waals surface area contributed by atoms with Crippen LogP contribution in [0.25, 0.3) is 0 Å². The first kappa shape index (κ1) is 20.4. The average molecular weight is 402 g/mol. The fourth-order valence-electron chi connectivity index (χ4n) is 3.37. The summed E-state index contributed by atoms with van der Waals surface area (Å²) in [6.45, 7) is 5.67. The predicted molar refractivity (Wildman–Crippen MR) is 114 cm³/mol. The molecule has 4 rings (SSSR count). The number of amidine groups is 1. The molecule has 0 saturated heterocycles. The average Bonchev–Trinajstić information content (AvgIpc) is 3.30. The molecule has 0 spiro atoms. The van der Waals surface area contributed by atoms with Crippen molar-refractivity contribution in [3.8, 4) is 11.5 Å². The van der Waals surface area contributed by atoms with Crippen molar-refractivity contribution in [2.24, 2.45) is 5.10 Å². The highest BCUT2D eigenvalue weighted by atomic mass is 32.1. The molecule has 0 amide bonds.